The van der Waals surface area contributed by atoms with Gasteiger partial charge in [0.25, 0.3) is 0 Å². The van der Waals surface area contributed by atoms with Crippen LogP contribution in [-0.4, -0.2) is 23.4 Å². The van der Waals surface area contributed by atoms with E-state index in [0.717, 1.165) is 11.3 Å². The van der Waals surface area contributed by atoms with Crippen molar-refractivity contribution in [3.8, 4) is 0 Å². The molecule has 7 heteroatoms. The van der Waals surface area contributed by atoms with Crippen molar-refractivity contribution in [1.29, 1.82) is 0 Å². The molecule has 1 rings (SSSR count). The van der Waals surface area contributed by atoms with E-state index in [9.17, 15) is 4.79 Å². The highest BCUT2D eigenvalue weighted by atomic mass is 32.2. The third kappa shape index (κ3) is 2.28. The predicted octanol–water partition coefficient (Wildman–Crippen LogP) is 1.27. The van der Waals surface area contributed by atoms with Crippen molar-refractivity contribution < 1.29 is 9.53 Å². The van der Waals surface area contributed by atoms with Gasteiger partial charge in [-0.2, -0.15) is 0 Å². The van der Waals surface area contributed by atoms with Crippen molar-refractivity contribution in [1.82, 2.24) is 10.2 Å². The summed E-state index contributed by atoms with van der Waals surface area (Å²) in [6, 6.07) is 0. The molecule has 1 N–H and O–H groups in total. The number of aromatic nitrogens is 2. The van der Waals surface area contributed by atoms with E-state index in [0.29, 0.717) is 9.47 Å². The van der Waals surface area contributed by atoms with Crippen LogP contribution >= 0.6 is 24.0 Å². The van der Waals surface area contributed by atoms with Crippen LogP contribution in [0.3, 0.4) is 0 Å². The maximum Gasteiger partial charge on any atom is 0.413 e. The fourth-order valence-electron chi connectivity index (χ4n) is 0.399. The second-order valence-electron chi connectivity index (χ2n) is 1.49. The average molecular weight is 190 g/mol. The van der Waals surface area contributed by atoms with Gasteiger partial charge in [0.1, 0.15) is 0 Å². The van der Waals surface area contributed by atoms with Gasteiger partial charge in [-0.05, 0) is 12.6 Å². The Morgan fingerprint density at radius 3 is 2.91 bits per heavy atom. The predicted molar refractivity (Wildman–Crippen MR) is 41.8 cm³/mol. The number of rotatable bonds is 1. The molecule has 11 heavy (non-hydrogen) atoms. The molecule has 1 amide bonds. The molecule has 0 bridgehead atoms. The van der Waals surface area contributed by atoms with Gasteiger partial charge in [0.15, 0.2) is 0 Å². The standard InChI is InChI=1S/C4H4N3O2S2/c1-9-3(8)5-2-6-7-4(10)11-2/h1H3,(H,5,6,8). The maximum atomic E-state index is 10.6. The van der Waals surface area contributed by atoms with Gasteiger partial charge in [0.05, 0.1) is 7.11 Å². The summed E-state index contributed by atoms with van der Waals surface area (Å²) in [5.41, 5.74) is 0. The van der Waals surface area contributed by atoms with Crippen molar-refractivity contribution in [2.45, 2.75) is 4.34 Å². The van der Waals surface area contributed by atoms with Crippen LogP contribution < -0.4 is 5.32 Å². The molecule has 0 unspecified atom stereocenters. The Balaban J connectivity index is 2.57. The van der Waals surface area contributed by atoms with Gasteiger partial charge in [-0.3, -0.25) is 5.32 Å². The molecule has 0 saturated heterocycles. The van der Waals surface area contributed by atoms with E-state index in [1.165, 1.54) is 7.11 Å². The molecule has 0 aliphatic heterocycles. The van der Waals surface area contributed by atoms with E-state index < -0.39 is 6.09 Å². The summed E-state index contributed by atoms with van der Waals surface area (Å²) in [5.74, 6) is 0. The van der Waals surface area contributed by atoms with Gasteiger partial charge < -0.3 is 4.74 Å². The SMILES string of the molecule is COC(=O)Nc1nnc([S])s1. The van der Waals surface area contributed by atoms with Crippen LogP contribution in [0.15, 0.2) is 4.34 Å². The summed E-state index contributed by atoms with van der Waals surface area (Å²) in [5, 5.41) is 9.75. The highest BCUT2D eigenvalue weighted by molar-refractivity contribution is 7.82. The Kier molecular flexibility index (Phi) is 2.55. The topological polar surface area (TPSA) is 64.1 Å². The molecular formula is C4H4N3O2S2. The highest BCUT2D eigenvalue weighted by Gasteiger charge is 2.04. The van der Waals surface area contributed by atoms with Crippen molar-refractivity contribution >= 4 is 35.2 Å². The van der Waals surface area contributed by atoms with Gasteiger partial charge in [-0.1, -0.05) is 11.3 Å². The number of methoxy groups -OCH3 is 1. The summed E-state index contributed by atoms with van der Waals surface area (Å²) >= 11 is 5.79. The second kappa shape index (κ2) is 3.44. The lowest BCUT2D eigenvalue weighted by molar-refractivity contribution is 0.187. The monoisotopic (exact) mass is 190 g/mol. The smallest absolute Gasteiger partial charge is 0.413 e. The minimum atomic E-state index is -0.573. The van der Waals surface area contributed by atoms with E-state index in [4.69, 9.17) is 0 Å². The number of anilines is 1. The molecule has 1 aromatic rings. The molecule has 0 spiro atoms. The van der Waals surface area contributed by atoms with E-state index in [1.54, 1.807) is 0 Å². The zero-order valence-electron chi connectivity index (χ0n) is 5.53. The Morgan fingerprint density at radius 1 is 1.73 bits per heavy atom. The zero-order chi connectivity index (χ0) is 8.27. The molecule has 0 aromatic carbocycles. The second-order valence-corrected chi connectivity index (χ2v) is 3.11. The first-order valence-electron chi connectivity index (χ1n) is 2.58. The number of hydrogen-bond acceptors (Lipinski definition) is 5. The highest BCUT2D eigenvalue weighted by Crippen LogP contribution is 2.17. The maximum absolute atomic E-state index is 10.6. The molecular weight excluding hydrogens is 186 g/mol. The summed E-state index contributed by atoms with van der Waals surface area (Å²) in [7, 11) is 1.27. The van der Waals surface area contributed by atoms with Crippen LogP contribution in [0.5, 0.6) is 0 Å². The van der Waals surface area contributed by atoms with Gasteiger partial charge in [0, 0.05) is 0 Å². The molecule has 0 saturated carbocycles. The van der Waals surface area contributed by atoms with Crippen LogP contribution in [0.2, 0.25) is 0 Å². The van der Waals surface area contributed by atoms with Crippen molar-refractivity contribution in [3.05, 3.63) is 0 Å². The number of nitrogens with zero attached hydrogens (tertiary/aromatic N) is 2. The lowest BCUT2D eigenvalue weighted by Crippen LogP contribution is -2.10. The van der Waals surface area contributed by atoms with Crippen molar-refractivity contribution in [3.63, 3.8) is 0 Å². The summed E-state index contributed by atoms with van der Waals surface area (Å²) in [6.07, 6.45) is -0.573. The van der Waals surface area contributed by atoms with Gasteiger partial charge >= 0.3 is 6.09 Å². The summed E-state index contributed by atoms with van der Waals surface area (Å²) in [4.78, 5) is 10.6. The van der Waals surface area contributed by atoms with E-state index in [-0.39, 0.29) is 0 Å². The molecule has 0 aliphatic rings. The number of ether oxygens (including phenoxy) is 1. The van der Waals surface area contributed by atoms with Gasteiger partial charge in [0.2, 0.25) is 9.47 Å². The fourth-order valence-corrected chi connectivity index (χ4v) is 1.14. The molecule has 0 fully saturated rings. The first kappa shape index (κ1) is 8.15. The van der Waals surface area contributed by atoms with Gasteiger partial charge in [-0.15, -0.1) is 10.2 Å². The number of carbonyl (C=O) groups is 1. The lowest BCUT2D eigenvalue weighted by Gasteiger charge is -1.95. The summed E-state index contributed by atoms with van der Waals surface area (Å²) in [6.45, 7) is 0. The largest absolute Gasteiger partial charge is 0.453 e. The lowest BCUT2D eigenvalue weighted by atomic mass is 11.0. The average Bonchev–Trinajstić information content (AvgIpc) is 2.35. The van der Waals surface area contributed by atoms with E-state index >= 15 is 0 Å². The third-order valence-corrected chi connectivity index (χ3v) is 1.77. The molecule has 1 radical (unpaired) electrons. The minimum absolute atomic E-state index is 0.349. The van der Waals surface area contributed by atoms with E-state index in [1.807, 2.05) is 0 Å². The first-order valence-corrected chi connectivity index (χ1v) is 3.80. The molecule has 0 atom stereocenters. The van der Waals surface area contributed by atoms with E-state index in [2.05, 4.69) is 32.9 Å². The van der Waals surface area contributed by atoms with Crippen LogP contribution in [-0.2, 0) is 4.74 Å². The van der Waals surface area contributed by atoms with Crippen LogP contribution in [0, 0.1) is 0 Å². The Labute approximate surface area is 72.2 Å². The molecule has 1 heterocycles. The first-order chi connectivity index (χ1) is 5.22. The number of hydrogen-bond donors (Lipinski definition) is 1. The molecule has 59 valence electrons. The van der Waals surface area contributed by atoms with Crippen LogP contribution in [0.25, 0.3) is 0 Å². The zero-order valence-corrected chi connectivity index (χ0v) is 7.16. The molecule has 5 nitrogen and oxygen atoms in total. The van der Waals surface area contributed by atoms with Crippen molar-refractivity contribution in [2.24, 2.45) is 0 Å². The Bertz CT molecular complexity index is 262. The quantitative estimate of drug-likeness (QED) is 0.677. The normalized spacial score (nSPS) is 9.18. The number of amides is 1. The van der Waals surface area contributed by atoms with Crippen molar-refractivity contribution in [2.75, 3.05) is 12.4 Å². The van der Waals surface area contributed by atoms with Gasteiger partial charge in [-0.25, -0.2) is 4.79 Å². The van der Waals surface area contributed by atoms with Crippen LogP contribution in [0.4, 0.5) is 9.93 Å². The fraction of sp³-hybridized carbons (Fsp3) is 0.250. The minimum Gasteiger partial charge on any atom is -0.453 e. The number of nitrogens with one attached hydrogen (secondary N) is 1. The molecule has 0 aliphatic carbocycles. The summed E-state index contributed by atoms with van der Waals surface area (Å²) < 4.78 is 4.70. The Hall–Kier alpha value is -0.950. The number of carbonyl (C=O) groups excluding carboxylic acids is 1. The van der Waals surface area contributed by atoms with Crippen LogP contribution in [0.1, 0.15) is 0 Å². The molecule has 1 aromatic heterocycles. The Morgan fingerprint density at radius 2 is 2.45 bits per heavy atom. The third-order valence-electron chi connectivity index (χ3n) is 0.801.